The zero-order valence-electron chi connectivity index (χ0n) is 12.6. The number of aryl methyl sites for hydroxylation is 1. The molecule has 2 aliphatic rings. The molecule has 5 rings (SSSR count). The van der Waals surface area contributed by atoms with Crippen molar-refractivity contribution in [1.29, 1.82) is 0 Å². The fraction of sp³-hybridized carbons (Fsp3) is 0.278. The molecular weight excluding hydrogens is 306 g/mol. The highest BCUT2D eigenvalue weighted by Crippen LogP contribution is 2.42. The zero-order chi connectivity index (χ0) is 15.4. The van der Waals surface area contributed by atoms with Crippen molar-refractivity contribution in [2.45, 2.75) is 31.8 Å². The second kappa shape index (κ2) is 4.86. The van der Waals surface area contributed by atoms with Gasteiger partial charge in [-0.05, 0) is 37.3 Å². The number of aromatic nitrogens is 1. The summed E-state index contributed by atoms with van der Waals surface area (Å²) in [6.45, 7) is 0. The maximum absolute atomic E-state index is 12.7. The van der Waals surface area contributed by atoms with Gasteiger partial charge in [-0.2, -0.15) is 0 Å². The lowest BCUT2D eigenvalue weighted by Gasteiger charge is -2.26. The Morgan fingerprint density at radius 3 is 2.91 bits per heavy atom. The van der Waals surface area contributed by atoms with Crippen LogP contribution in [0.15, 0.2) is 30.5 Å². The molecule has 1 amide bonds. The first-order chi connectivity index (χ1) is 11.3. The van der Waals surface area contributed by atoms with Crippen LogP contribution in [0.4, 0.5) is 5.00 Å². The normalized spacial score (nSPS) is 19.8. The molecular formula is C18H17N3OS. The number of aromatic amines is 1. The summed E-state index contributed by atoms with van der Waals surface area (Å²) in [5.41, 5.74) is 4.35. The molecule has 0 radical (unpaired) electrons. The molecule has 3 aromatic rings. The van der Waals surface area contributed by atoms with Crippen LogP contribution in [0.2, 0.25) is 0 Å². The van der Waals surface area contributed by atoms with Gasteiger partial charge in [0.2, 0.25) is 0 Å². The summed E-state index contributed by atoms with van der Waals surface area (Å²) in [5.74, 6) is 0.0634. The van der Waals surface area contributed by atoms with Gasteiger partial charge in [-0.1, -0.05) is 18.2 Å². The number of hydrogen-bond donors (Lipinski definition) is 3. The van der Waals surface area contributed by atoms with Crippen molar-refractivity contribution in [3.63, 3.8) is 0 Å². The first-order valence-corrected chi connectivity index (χ1v) is 8.91. The van der Waals surface area contributed by atoms with Crippen molar-refractivity contribution < 1.29 is 4.79 Å². The van der Waals surface area contributed by atoms with Crippen LogP contribution in [0.25, 0.3) is 10.9 Å². The lowest BCUT2D eigenvalue weighted by molar-refractivity contribution is 0.0935. The minimum absolute atomic E-state index is 0.0634. The van der Waals surface area contributed by atoms with Crippen LogP contribution < -0.4 is 10.6 Å². The standard InChI is InChI=1S/C18H17N3OS/c22-17-15-11-6-2-4-8-14(11)23-18(15)21-16(20-17)12-9-19-13-7-3-1-5-10(12)13/h1,3,5,7,9,16,19,21H,2,4,6,8H2,(H,20,22). The summed E-state index contributed by atoms with van der Waals surface area (Å²) in [4.78, 5) is 17.4. The van der Waals surface area contributed by atoms with Gasteiger partial charge in [0.1, 0.15) is 11.2 Å². The molecule has 5 heteroatoms. The molecule has 23 heavy (non-hydrogen) atoms. The molecule has 0 bridgehead atoms. The Kier molecular flexibility index (Phi) is 2.79. The van der Waals surface area contributed by atoms with Gasteiger partial charge in [0.05, 0.1) is 5.56 Å². The second-order valence-corrected chi connectivity index (χ2v) is 7.36. The predicted molar refractivity (Wildman–Crippen MR) is 93.1 cm³/mol. The van der Waals surface area contributed by atoms with Gasteiger partial charge in [-0.25, -0.2) is 0 Å². The van der Waals surface area contributed by atoms with Gasteiger partial charge in [0.25, 0.3) is 5.91 Å². The first-order valence-electron chi connectivity index (χ1n) is 8.09. The molecule has 116 valence electrons. The summed E-state index contributed by atoms with van der Waals surface area (Å²) >= 11 is 1.77. The Morgan fingerprint density at radius 2 is 1.96 bits per heavy atom. The van der Waals surface area contributed by atoms with E-state index < -0.39 is 0 Å². The summed E-state index contributed by atoms with van der Waals surface area (Å²) in [7, 11) is 0. The molecule has 3 N–H and O–H groups in total. The number of fused-ring (bicyclic) bond motifs is 4. The van der Waals surface area contributed by atoms with Gasteiger partial charge in [0, 0.05) is 27.5 Å². The van der Waals surface area contributed by atoms with E-state index in [-0.39, 0.29) is 12.1 Å². The van der Waals surface area contributed by atoms with E-state index in [1.165, 1.54) is 23.3 Å². The van der Waals surface area contributed by atoms with E-state index in [2.05, 4.69) is 27.8 Å². The molecule has 0 saturated carbocycles. The number of thiophene rings is 1. The number of H-pyrrole nitrogens is 1. The van der Waals surface area contributed by atoms with Crippen LogP contribution >= 0.6 is 11.3 Å². The highest BCUT2D eigenvalue weighted by Gasteiger charge is 2.32. The van der Waals surface area contributed by atoms with Gasteiger partial charge >= 0.3 is 0 Å². The van der Waals surface area contributed by atoms with E-state index in [0.29, 0.717) is 0 Å². The number of rotatable bonds is 1. The molecule has 4 nitrogen and oxygen atoms in total. The van der Waals surface area contributed by atoms with Crippen LogP contribution in [0.1, 0.15) is 45.4 Å². The lowest BCUT2D eigenvalue weighted by atomic mass is 9.94. The van der Waals surface area contributed by atoms with Crippen molar-refractivity contribution in [3.8, 4) is 0 Å². The van der Waals surface area contributed by atoms with Crippen LogP contribution in [0, 0.1) is 0 Å². The van der Waals surface area contributed by atoms with Crippen LogP contribution in [0.3, 0.4) is 0 Å². The van der Waals surface area contributed by atoms with Gasteiger partial charge in [0.15, 0.2) is 0 Å². The summed E-state index contributed by atoms with van der Waals surface area (Å²) in [6, 6.07) is 8.18. The molecule has 0 fully saturated rings. The number of nitrogens with one attached hydrogen (secondary N) is 3. The number of carbonyl (C=O) groups excluding carboxylic acids is 1. The lowest BCUT2D eigenvalue weighted by Crippen LogP contribution is -2.38. The number of anilines is 1. The van der Waals surface area contributed by atoms with E-state index in [1.54, 1.807) is 11.3 Å². The molecule has 1 atom stereocenters. The maximum atomic E-state index is 12.7. The van der Waals surface area contributed by atoms with Crippen molar-refractivity contribution in [1.82, 2.24) is 10.3 Å². The van der Waals surface area contributed by atoms with E-state index in [1.807, 2.05) is 18.3 Å². The minimum atomic E-state index is -0.175. The molecule has 3 heterocycles. The fourth-order valence-electron chi connectivity index (χ4n) is 3.77. The van der Waals surface area contributed by atoms with E-state index in [4.69, 9.17) is 0 Å². The molecule has 0 saturated heterocycles. The van der Waals surface area contributed by atoms with Gasteiger partial charge in [-0.15, -0.1) is 11.3 Å². The third kappa shape index (κ3) is 1.93. The number of amides is 1. The van der Waals surface area contributed by atoms with Crippen molar-refractivity contribution in [3.05, 3.63) is 52.0 Å². The number of para-hydroxylation sites is 1. The Labute approximate surface area is 137 Å². The Bertz CT molecular complexity index is 924. The van der Waals surface area contributed by atoms with Crippen LogP contribution in [0.5, 0.6) is 0 Å². The van der Waals surface area contributed by atoms with Crippen LogP contribution in [-0.4, -0.2) is 10.9 Å². The molecule has 1 aromatic carbocycles. The topological polar surface area (TPSA) is 56.9 Å². The third-order valence-electron chi connectivity index (χ3n) is 4.88. The van der Waals surface area contributed by atoms with E-state index >= 15 is 0 Å². The largest absolute Gasteiger partial charge is 0.361 e. The van der Waals surface area contributed by atoms with Crippen LogP contribution in [-0.2, 0) is 12.8 Å². The average Bonchev–Trinajstić information content (AvgIpc) is 3.16. The highest BCUT2D eigenvalue weighted by atomic mass is 32.1. The zero-order valence-corrected chi connectivity index (χ0v) is 13.4. The van der Waals surface area contributed by atoms with Gasteiger partial charge < -0.3 is 15.6 Å². The third-order valence-corrected chi connectivity index (χ3v) is 6.10. The highest BCUT2D eigenvalue weighted by molar-refractivity contribution is 7.16. The Morgan fingerprint density at radius 1 is 1.09 bits per heavy atom. The Hall–Kier alpha value is -2.27. The monoisotopic (exact) mass is 323 g/mol. The fourth-order valence-corrected chi connectivity index (χ4v) is 5.08. The van der Waals surface area contributed by atoms with Crippen molar-refractivity contribution in [2.75, 3.05) is 5.32 Å². The number of carbonyl (C=O) groups is 1. The number of benzene rings is 1. The molecule has 1 aliphatic heterocycles. The molecule has 1 aliphatic carbocycles. The smallest absolute Gasteiger partial charge is 0.256 e. The summed E-state index contributed by atoms with van der Waals surface area (Å²) < 4.78 is 0. The molecule has 1 unspecified atom stereocenters. The second-order valence-electron chi connectivity index (χ2n) is 6.26. The first kappa shape index (κ1) is 13.2. The molecule has 2 aromatic heterocycles. The SMILES string of the molecule is O=C1NC(c2c[nH]c3ccccc23)Nc2sc3c(c21)CCCC3. The summed E-state index contributed by atoms with van der Waals surface area (Å²) in [6.07, 6.45) is 6.38. The van der Waals surface area contributed by atoms with E-state index in [0.717, 1.165) is 39.9 Å². The summed E-state index contributed by atoms with van der Waals surface area (Å²) in [5, 5.41) is 8.87. The number of hydrogen-bond acceptors (Lipinski definition) is 3. The van der Waals surface area contributed by atoms with Gasteiger partial charge in [-0.3, -0.25) is 4.79 Å². The quantitative estimate of drug-likeness (QED) is 0.635. The van der Waals surface area contributed by atoms with Crippen molar-refractivity contribution >= 4 is 33.1 Å². The molecule has 0 spiro atoms. The minimum Gasteiger partial charge on any atom is -0.361 e. The predicted octanol–water partition coefficient (Wildman–Crippen LogP) is 3.96. The van der Waals surface area contributed by atoms with E-state index in [9.17, 15) is 4.79 Å². The van der Waals surface area contributed by atoms with Crippen molar-refractivity contribution in [2.24, 2.45) is 0 Å². The average molecular weight is 323 g/mol. The maximum Gasteiger partial charge on any atom is 0.256 e. The Balaban J connectivity index is 1.58.